The molecule has 21 heavy (non-hydrogen) atoms. The van der Waals surface area contributed by atoms with Crippen molar-refractivity contribution >= 4 is 11.7 Å². The Morgan fingerprint density at radius 2 is 1.67 bits per heavy atom. The lowest BCUT2D eigenvalue weighted by Gasteiger charge is -2.27. The molecule has 0 saturated carbocycles. The van der Waals surface area contributed by atoms with Crippen molar-refractivity contribution in [2.75, 3.05) is 5.32 Å². The normalized spacial score (nSPS) is 11.0. The van der Waals surface area contributed by atoms with Crippen LogP contribution in [-0.2, 0) is 5.54 Å². The average Bonchev–Trinajstić information content (AvgIpc) is 2.42. The maximum atomic E-state index is 12.2. The molecule has 0 heterocycles. The second-order valence-electron chi connectivity index (χ2n) is 5.89. The molecule has 0 bridgehead atoms. The standard InChI is InChI=1S/C18H22N2O/c1-13-10-11-16(14(2)12-13)19-17(21)20-18(3,4)15-8-6-5-7-9-15/h5-12H,1-4H3,(H2,19,20,21). The summed E-state index contributed by atoms with van der Waals surface area (Å²) in [6.45, 7) is 8.01. The Labute approximate surface area is 126 Å². The first-order chi connectivity index (χ1) is 9.88. The van der Waals surface area contributed by atoms with Gasteiger partial charge in [0.15, 0.2) is 0 Å². The summed E-state index contributed by atoms with van der Waals surface area (Å²) in [6, 6.07) is 15.7. The van der Waals surface area contributed by atoms with Gasteiger partial charge < -0.3 is 10.6 Å². The first-order valence-electron chi connectivity index (χ1n) is 7.10. The van der Waals surface area contributed by atoms with Crippen molar-refractivity contribution in [3.8, 4) is 0 Å². The third-order valence-electron chi connectivity index (χ3n) is 3.55. The smallest absolute Gasteiger partial charge is 0.319 e. The van der Waals surface area contributed by atoms with Gasteiger partial charge in [-0.05, 0) is 44.9 Å². The maximum absolute atomic E-state index is 12.2. The van der Waals surface area contributed by atoms with E-state index in [1.807, 2.05) is 70.2 Å². The summed E-state index contributed by atoms with van der Waals surface area (Å²) < 4.78 is 0. The van der Waals surface area contributed by atoms with Crippen molar-refractivity contribution in [2.24, 2.45) is 0 Å². The first-order valence-corrected chi connectivity index (χ1v) is 7.10. The summed E-state index contributed by atoms with van der Waals surface area (Å²) in [6.07, 6.45) is 0. The van der Waals surface area contributed by atoms with Crippen LogP contribution in [-0.4, -0.2) is 6.03 Å². The Morgan fingerprint density at radius 1 is 1.00 bits per heavy atom. The minimum absolute atomic E-state index is 0.198. The number of aryl methyl sites for hydroxylation is 2. The van der Waals surface area contributed by atoms with Gasteiger partial charge in [-0.25, -0.2) is 4.79 Å². The molecule has 3 nitrogen and oxygen atoms in total. The van der Waals surface area contributed by atoms with Crippen LogP contribution < -0.4 is 10.6 Å². The summed E-state index contributed by atoms with van der Waals surface area (Å²) in [5.41, 5.74) is 3.72. The first kappa shape index (κ1) is 15.1. The molecule has 0 aliphatic carbocycles. The van der Waals surface area contributed by atoms with E-state index in [-0.39, 0.29) is 6.03 Å². The molecule has 2 aromatic carbocycles. The van der Waals surface area contributed by atoms with Crippen molar-refractivity contribution < 1.29 is 4.79 Å². The predicted molar refractivity (Wildman–Crippen MR) is 87.5 cm³/mol. The molecular formula is C18H22N2O. The van der Waals surface area contributed by atoms with Crippen molar-refractivity contribution in [2.45, 2.75) is 33.2 Å². The lowest BCUT2D eigenvalue weighted by molar-refractivity contribution is 0.242. The van der Waals surface area contributed by atoms with Crippen LogP contribution in [0.4, 0.5) is 10.5 Å². The largest absolute Gasteiger partial charge is 0.329 e. The molecule has 0 atom stereocenters. The zero-order valence-electron chi connectivity index (χ0n) is 13.0. The van der Waals surface area contributed by atoms with Gasteiger partial charge in [-0.15, -0.1) is 0 Å². The number of carbonyl (C=O) groups excluding carboxylic acids is 1. The highest BCUT2D eigenvalue weighted by atomic mass is 16.2. The number of hydrogen-bond acceptors (Lipinski definition) is 1. The fraction of sp³-hybridized carbons (Fsp3) is 0.278. The Bertz CT molecular complexity index is 633. The van der Waals surface area contributed by atoms with Gasteiger partial charge in [0, 0.05) is 5.69 Å². The fourth-order valence-electron chi connectivity index (χ4n) is 2.32. The van der Waals surface area contributed by atoms with Crippen LogP contribution in [0.1, 0.15) is 30.5 Å². The molecule has 2 N–H and O–H groups in total. The number of hydrogen-bond donors (Lipinski definition) is 2. The third kappa shape index (κ3) is 3.85. The molecule has 0 aliphatic heterocycles. The molecule has 110 valence electrons. The van der Waals surface area contributed by atoms with E-state index in [4.69, 9.17) is 0 Å². The summed E-state index contributed by atoms with van der Waals surface area (Å²) in [7, 11) is 0. The molecule has 0 spiro atoms. The van der Waals surface area contributed by atoms with Crippen LogP contribution in [0.3, 0.4) is 0 Å². The van der Waals surface area contributed by atoms with Gasteiger partial charge in [0.2, 0.25) is 0 Å². The van der Waals surface area contributed by atoms with Crippen LogP contribution in [0.15, 0.2) is 48.5 Å². The number of benzene rings is 2. The van der Waals surface area contributed by atoms with E-state index in [0.717, 1.165) is 16.8 Å². The molecule has 3 heteroatoms. The summed E-state index contributed by atoms with van der Waals surface area (Å²) in [5, 5.41) is 5.93. The average molecular weight is 282 g/mol. The minimum Gasteiger partial charge on any atom is -0.329 e. The van der Waals surface area contributed by atoms with Gasteiger partial charge >= 0.3 is 6.03 Å². The second kappa shape index (κ2) is 6.00. The van der Waals surface area contributed by atoms with E-state index in [1.165, 1.54) is 5.56 Å². The van der Waals surface area contributed by atoms with Gasteiger partial charge in [-0.2, -0.15) is 0 Å². The third-order valence-corrected chi connectivity index (χ3v) is 3.55. The molecule has 0 unspecified atom stereocenters. The fourth-order valence-corrected chi connectivity index (χ4v) is 2.32. The molecule has 0 aromatic heterocycles. The summed E-state index contributed by atoms with van der Waals surface area (Å²) in [4.78, 5) is 12.2. The van der Waals surface area contributed by atoms with Gasteiger partial charge in [-0.3, -0.25) is 0 Å². The number of urea groups is 1. The molecule has 0 aliphatic rings. The quantitative estimate of drug-likeness (QED) is 0.862. The van der Waals surface area contributed by atoms with Gasteiger partial charge in [0.05, 0.1) is 5.54 Å². The highest BCUT2D eigenvalue weighted by Gasteiger charge is 2.22. The van der Waals surface area contributed by atoms with Crippen LogP contribution >= 0.6 is 0 Å². The monoisotopic (exact) mass is 282 g/mol. The number of rotatable bonds is 3. The van der Waals surface area contributed by atoms with Crippen molar-refractivity contribution in [1.82, 2.24) is 5.32 Å². The molecule has 2 aromatic rings. The minimum atomic E-state index is -0.427. The predicted octanol–water partition coefficient (Wildman–Crippen LogP) is 4.36. The van der Waals surface area contributed by atoms with E-state index in [0.29, 0.717) is 0 Å². The molecule has 0 radical (unpaired) electrons. The maximum Gasteiger partial charge on any atom is 0.319 e. The topological polar surface area (TPSA) is 41.1 Å². The van der Waals surface area contributed by atoms with E-state index >= 15 is 0 Å². The zero-order valence-corrected chi connectivity index (χ0v) is 13.0. The molecule has 2 rings (SSSR count). The van der Waals surface area contributed by atoms with E-state index in [9.17, 15) is 4.79 Å². The Morgan fingerprint density at radius 3 is 2.29 bits per heavy atom. The van der Waals surface area contributed by atoms with Gasteiger partial charge in [0.25, 0.3) is 0 Å². The lowest BCUT2D eigenvalue weighted by Crippen LogP contribution is -2.43. The lowest BCUT2D eigenvalue weighted by atomic mass is 9.95. The molecule has 2 amide bonds. The van der Waals surface area contributed by atoms with Gasteiger partial charge in [0.1, 0.15) is 0 Å². The number of anilines is 1. The highest BCUT2D eigenvalue weighted by molar-refractivity contribution is 5.90. The van der Waals surface area contributed by atoms with Crippen LogP contribution in [0.5, 0.6) is 0 Å². The van der Waals surface area contributed by atoms with E-state index < -0.39 is 5.54 Å². The summed E-state index contributed by atoms with van der Waals surface area (Å²) >= 11 is 0. The van der Waals surface area contributed by atoms with E-state index in [2.05, 4.69) is 16.7 Å². The van der Waals surface area contributed by atoms with Gasteiger partial charge in [-0.1, -0.05) is 48.0 Å². The van der Waals surface area contributed by atoms with Crippen LogP contribution in [0.25, 0.3) is 0 Å². The van der Waals surface area contributed by atoms with Crippen LogP contribution in [0.2, 0.25) is 0 Å². The Kier molecular flexibility index (Phi) is 4.32. The van der Waals surface area contributed by atoms with E-state index in [1.54, 1.807) is 0 Å². The summed E-state index contributed by atoms with van der Waals surface area (Å²) in [5.74, 6) is 0. The molecule has 0 fully saturated rings. The number of carbonyl (C=O) groups is 1. The van der Waals surface area contributed by atoms with Crippen molar-refractivity contribution in [3.63, 3.8) is 0 Å². The SMILES string of the molecule is Cc1ccc(NC(=O)NC(C)(C)c2ccccc2)c(C)c1. The number of amides is 2. The Hall–Kier alpha value is -2.29. The Balaban J connectivity index is 2.08. The van der Waals surface area contributed by atoms with Crippen molar-refractivity contribution in [1.29, 1.82) is 0 Å². The zero-order chi connectivity index (χ0) is 15.5. The molecule has 0 saturated heterocycles. The van der Waals surface area contributed by atoms with Crippen LogP contribution in [0, 0.1) is 13.8 Å². The molecular weight excluding hydrogens is 260 g/mol. The second-order valence-corrected chi connectivity index (χ2v) is 5.89. The highest BCUT2D eigenvalue weighted by Crippen LogP contribution is 2.20. The van der Waals surface area contributed by atoms with Crippen molar-refractivity contribution in [3.05, 3.63) is 65.2 Å². The number of nitrogens with one attached hydrogen (secondary N) is 2.